The van der Waals surface area contributed by atoms with E-state index in [1.807, 2.05) is 0 Å². The maximum Gasteiger partial charge on any atom is 0.133 e. The van der Waals surface area contributed by atoms with Gasteiger partial charge in [0.15, 0.2) is 0 Å². The number of aromatic nitrogens is 1. The number of hydrogen-bond acceptors (Lipinski definition) is 3. The molecule has 1 aromatic heterocycles. The first kappa shape index (κ1) is 14.8. The van der Waals surface area contributed by atoms with Crippen molar-refractivity contribution in [2.24, 2.45) is 11.7 Å². The van der Waals surface area contributed by atoms with Gasteiger partial charge in [0, 0.05) is 30.9 Å². The Morgan fingerprint density at radius 2 is 1.95 bits per heavy atom. The maximum atomic E-state index is 6.02. The van der Waals surface area contributed by atoms with Gasteiger partial charge in [-0.15, -0.1) is 0 Å². The van der Waals surface area contributed by atoms with E-state index in [1.54, 1.807) is 0 Å². The minimum Gasteiger partial charge on any atom is -0.356 e. The summed E-state index contributed by atoms with van der Waals surface area (Å²) < 4.78 is 0. The standard InChI is InChI=1S/C18H29N3/c1-2-21(13-14-7-3-4-8-14)18-16(12-19)11-15-9-5-6-10-17(15)20-18/h11,14H,2-10,12-13,19H2,1H3. The summed E-state index contributed by atoms with van der Waals surface area (Å²) in [5, 5.41) is 0. The fraction of sp³-hybridized carbons (Fsp3) is 0.722. The zero-order valence-electron chi connectivity index (χ0n) is 13.4. The second-order valence-corrected chi connectivity index (χ2v) is 6.68. The average molecular weight is 287 g/mol. The van der Waals surface area contributed by atoms with E-state index in [4.69, 9.17) is 10.7 Å². The Labute approximate surface area is 128 Å². The van der Waals surface area contributed by atoms with Crippen molar-refractivity contribution < 1.29 is 0 Å². The summed E-state index contributed by atoms with van der Waals surface area (Å²) >= 11 is 0. The van der Waals surface area contributed by atoms with Crippen LogP contribution in [0.4, 0.5) is 5.82 Å². The van der Waals surface area contributed by atoms with Crippen LogP contribution < -0.4 is 10.6 Å². The van der Waals surface area contributed by atoms with Crippen molar-refractivity contribution in [2.45, 2.75) is 64.8 Å². The number of anilines is 1. The SMILES string of the molecule is CCN(CC1CCCC1)c1nc2c(cc1CN)CCCC2. The zero-order valence-corrected chi connectivity index (χ0v) is 13.4. The first-order valence-corrected chi connectivity index (χ1v) is 8.78. The van der Waals surface area contributed by atoms with Gasteiger partial charge in [0.25, 0.3) is 0 Å². The molecule has 0 atom stereocenters. The molecule has 0 spiro atoms. The molecule has 3 heteroatoms. The molecule has 3 nitrogen and oxygen atoms in total. The molecule has 1 fully saturated rings. The van der Waals surface area contributed by atoms with E-state index in [0.29, 0.717) is 6.54 Å². The lowest BCUT2D eigenvalue weighted by molar-refractivity contribution is 0.531. The van der Waals surface area contributed by atoms with Crippen LogP contribution in [-0.4, -0.2) is 18.1 Å². The first-order chi connectivity index (χ1) is 10.3. The molecule has 116 valence electrons. The Balaban J connectivity index is 1.86. The fourth-order valence-corrected chi connectivity index (χ4v) is 3.96. The van der Waals surface area contributed by atoms with Crippen molar-refractivity contribution in [3.05, 3.63) is 22.9 Å². The van der Waals surface area contributed by atoms with E-state index in [1.165, 1.54) is 67.6 Å². The third-order valence-electron chi connectivity index (χ3n) is 5.21. The highest BCUT2D eigenvalue weighted by atomic mass is 15.2. The molecule has 3 rings (SSSR count). The van der Waals surface area contributed by atoms with E-state index >= 15 is 0 Å². The largest absolute Gasteiger partial charge is 0.356 e. The second-order valence-electron chi connectivity index (χ2n) is 6.68. The van der Waals surface area contributed by atoms with Gasteiger partial charge in [0.1, 0.15) is 5.82 Å². The van der Waals surface area contributed by atoms with Crippen LogP contribution in [0, 0.1) is 5.92 Å². The fourth-order valence-electron chi connectivity index (χ4n) is 3.96. The highest BCUT2D eigenvalue weighted by molar-refractivity contribution is 5.50. The molecule has 0 amide bonds. The Bertz CT molecular complexity index is 478. The number of hydrogen-bond donors (Lipinski definition) is 1. The van der Waals surface area contributed by atoms with Crippen molar-refractivity contribution >= 4 is 5.82 Å². The predicted molar refractivity (Wildman–Crippen MR) is 88.6 cm³/mol. The van der Waals surface area contributed by atoms with Crippen molar-refractivity contribution in [2.75, 3.05) is 18.0 Å². The molecular weight excluding hydrogens is 258 g/mol. The average Bonchev–Trinajstić information content (AvgIpc) is 3.04. The Kier molecular flexibility index (Phi) is 4.79. The molecule has 2 N–H and O–H groups in total. The lowest BCUT2D eigenvalue weighted by Gasteiger charge is -2.29. The highest BCUT2D eigenvalue weighted by Crippen LogP contribution is 2.30. The topological polar surface area (TPSA) is 42.2 Å². The molecule has 0 radical (unpaired) electrons. The zero-order chi connectivity index (χ0) is 14.7. The van der Waals surface area contributed by atoms with Crippen LogP contribution in [0.2, 0.25) is 0 Å². The third kappa shape index (κ3) is 3.23. The van der Waals surface area contributed by atoms with Crippen molar-refractivity contribution in [3.63, 3.8) is 0 Å². The number of pyridine rings is 1. The van der Waals surface area contributed by atoms with Gasteiger partial charge in [0.2, 0.25) is 0 Å². The first-order valence-electron chi connectivity index (χ1n) is 8.78. The van der Waals surface area contributed by atoms with Gasteiger partial charge in [-0.1, -0.05) is 12.8 Å². The van der Waals surface area contributed by atoms with E-state index in [9.17, 15) is 0 Å². The van der Waals surface area contributed by atoms with E-state index in [2.05, 4.69) is 17.9 Å². The second kappa shape index (κ2) is 6.78. The highest BCUT2D eigenvalue weighted by Gasteiger charge is 2.22. The van der Waals surface area contributed by atoms with Crippen LogP contribution in [0.1, 0.15) is 62.3 Å². The van der Waals surface area contributed by atoms with Gasteiger partial charge < -0.3 is 10.6 Å². The van der Waals surface area contributed by atoms with Crippen LogP contribution in [0.25, 0.3) is 0 Å². The lowest BCUT2D eigenvalue weighted by Crippen LogP contribution is -2.31. The summed E-state index contributed by atoms with van der Waals surface area (Å²) in [7, 11) is 0. The van der Waals surface area contributed by atoms with Crippen LogP contribution in [-0.2, 0) is 19.4 Å². The maximum absolute atomic E-state index is 6.02. The smallest absolute Gasteiger partial charge is 0.133 e. The Morgan fingerprint density at radius 3 is 2.67 bits per heavy atom. The molecule has 0 unspecified atom stereocenters. The summed E-state index contributed by atoms with van der Waals surface area (Å²) in [6.45, 7) is 5.05. The van der Waals surface area contributed by atoms with Gasteiger partial charge in [-0.3, -0.25) is 0 Å². The van der Waals surface area contributed by atoms with E-state index < -0.39 is 0 Å². The van der Waals surface area contributed by atoms with Crippen molar-refractivity contribution in [1.82, 2.24) is 4.98 Å². The van der Waals surface area contributed by atoms with Crippen LogP contribution in [0.15, 0.2) is 6.07 Å². The van der Waals surface area contributed by atoms with Crippen LogP contribution >= 0.6 is 0 Å². The molecule has 0 aliphatic heterocycles. The minimum absolute atomic E-state index is 0.608. The molecule has 2 aliphatic rings. The van der Waals surface area contributed by atoms with Crippen molar-refractivity contribution in [1.29, 1.82) is 0 Å². The molecule has 21 heavy (non-hydrogen) atoms. The normalized spacial score (nSPS) is 18.8. The van der Waals surface area contributed by atoms with Gasteiger partial charge in [0.05, 0.1) is 0 Å². The van der Waals surface area contributed by atoms with Crippen LogP contribution in [0.3, 0.4) is 0 Å². The van der Waals surface area contributed by atoms with Gasteiger partial charge in [-0.05, 0) is 63.0 Å². The van der Waals surface area contributed by atoms with Gasteiger partial charge in [-0.25, -0.2) is 4.98 Å². The Hall–Kier alpha value is -1.09. The monoisotopic (exact) mass is 287 g/mol. The molecule has 2 aliphatic carbocycles. The van der Waals surface area contributed by atoms with Crippen molar-refractivity contribution in [3.8, 4) is 0 Å². The Morgan fingerprint density at radius 1 is 1.19 bits per heavy atom. The molecule has 1 saturated carbocycles. The van der Waals surface area contributed by atoms with E-state index in [-0.39, 0.29) is 0 Å². The summed E-state index contributed by atoms with van der Waals surface area (Å²) in [4.78, 5) is 7.52. The molecule has 1 aromatic rings. The predicted octanol–water partition coefficient (Wildman–Crippen LogP) is 3.44. The third-order valence-corrected chi connectivity index (χ3v) is 5.21. The summed E-state index contributed by atoms with van der Waals surface area (Å²) in [6.07, 6.45) is 10.5. The number of nitrogens with two attached hydrogens (primary N) is 1. The quantitative estimate of drug-likeness (QED) is 0.902. The summed E-state index contributed by atoms with van der Waals surface area (Å²) in [5.74, 6) is 2.03. The molecule has 1 heterocycles. The minimum atomic E-state index is 0.608. The number of rotatable bonds is 5. The summed E-state index contributed by atoms with van der Waals surface area (Å²) in [6, 6.07) is 2.34. The van der Waals surface area contributed by atoms with Crippen LogP contribution in [0.5, 0.6) is 0 Å². The van der Waals surface area contributed by atoms with E-state index in [0.717, 1.165) is 25.4 Å². The number of nitrogens with zero attached hydrogens (tertiary/aromatic N) is 2. The molecule has 0 saturated heterocycles. The number of aryl methyl sites for hydroxylation is 2. The molecule has 0 bridgehead atoms. The number of fused-ring (bicyclic) bond motifs is 1. The summed E-state index contributed by atoms with van der Waals surface area (Å²) in [5.41, 5.74) is 10.0. The van der Waals surface area contributed by atoms with Gasteiger partial charge >= 0.3 is 0 Å². The molecular formula is C18H29N3. The lowest BCUT2D eigenvalue weighted by atomic mass is 9.94. The van der Waals surface area contributed by atoms with Gasteiger partial charge in [-0.2, -0.15) is 0 Å². The molecule has 0 aromatic carbocycles.